The van der Waals surface area contributed by atoms with E-state index in [4.69, 9.17) is 0 Å². The van der Waals surface area contributed by atoms with Gasteiger partial charge >= 0.3 is 0 Å². The van der Waals surface area contributed by atoms with Crippen LogP contribution in [0.1, 0.15) is 26.7 Å². The molecule has 5 heteroatoms. The standard InChI is InChI=1S/C15H18N2O3/c1-9(2)4-5-11-10(3)8-17(15(11)20)12-6-7-13(18)16-14(12)19/h4-5,12H,3,6-8H2,1-2H3,(H,16,18,19)/b11-5+. The maximum atomic E-state index is 12.4. The summed E-state index contributed by atoms with van der Waals surface area (Å²) in [5, 5.41) is 2.27. The van der Waals surface area contributed by atoms with E-state index in [1.807, 2.05) is 19.9 Å². The molecule has 2 heterocycles. The van der Waals surface area contributed by atoms with Crippen molar-refractivity contribution in [2.45, 2.75) is 32.7 Å². The van der Waals surface area contributed by atoms with E-state index in [0.717, 1.165) is 5.57 Å². The van der Waals surface area contributed by atoms with E-state index < -0.39 is 11.9 Å². The van der Waals surface area contributed by atoms with Gasteiger partial charge in [-0.15, -0.1) is 0 Å². The minimum absolute atomic E-state index is 0.193. The lowest BCUT2D eigenvalue weighted by Crippen LogP contribution is -2.52. The summed E-state index contributed by atoms with van der Waals surface area (Å²) in [6, 6.07) is -0.574. The molecule has 1 atom stereocenters. The summed E-state index contributed by atoms with van der Waals surface area (Å²) in [6.45, 7) is 8.11. The second kappa shape index (κ2) is 5.45. The molecular weight excluding hydrogens is 256 g/mol. The van der Waals surface area contributed by atoms with Crippen LogP contribution in [0.15, 0.2) is 35.5 Å². The van der Waals surface area contributed by atoms with E-state index in [2.05, 4.69) is 11.9 Å². The molecule has 2 fully saturated rings. The smallest absolute Gasteiger partial charge is 0.255 e. The molecule has 0 aromatic heterocycles. The van der Waals surface area contributed by atoms with Crippen LogP contribution >= 0.6 is 0 Å². The highest BCUT2D eigenvalue weighted by Gasteiger charge is 2.39. The van der Waals surface area contributed by atoms with Gasteiger partial charge in [-0.2, -0.15) is 0 Å². The Morgan fingerprint density at radius 2 is 2.05 bits per heavy atom. The third-order valence-electron chi connectivity index (χ3n) is 3.40. The van der Waals surface area contributed by atoms with Crippen LogP contribution in [0.4, 0.5) is 0 Å². The number of carbonyl (C=O) groups excluding carboxylic acids is 3. The Morgan fingerprint density at radius 1 is 1.35 bits per heavy atom. The van der Waals surface area contributed by atoms with Crippen molar-refractivity contribution in [1.29, 1.82) is 0 Å². The predicted octanol–water partition coefficient (Wildman–Crippen LogP) is 1.08. The van der Waals surface area contributed by atoms with Gasteiger partial charge in [-0.1, -0.05) is 18.2 Å². The molecule has 0 radical (unpaired) electrons. The Hall–Kier alpha value is -2.17. The van der Waals surface area contributed by atoms with E-state index in [1.54, 1.807) is 6.08 Å². The lowest BCUT2D eigenvalue weighted by atomic mass is 10.0. The Bertz CT molecular complexity index is 553. The van der Waals surface area contributed by atoms with E-state index in [0.29, 0.717) is 24.1 Å². The highest BCUT2D eigenvalue weighted by molar-refractivity contribution is 6.06. The lowest BCUT2D eigenvalue weighted by Gasteiger charge is -2.28. The van der Waals surface area contributed by atoms with Gasteiger partial charge in [0.25, 0.3) is 5.91 Å². The Labute approximate surface area is 118 Å². The average molecular weight is 274 g/mol. The van der Waals surface area contributed by atoms with E-state index in [9.17, 15) is 14.4 Å². The zero-order chi connectivity index (χ0) is 14.9. The fourth-order valence-corrected chi connectivity index (χ4v) is 2.34. The number of hydrogen-bond donors (Lipinski definition) is 1. The molecule has 0 aromatic rings. The van der Waals surface area contributed by atoms with Crippen molar-refractivity contribution in [3.05, 3.63) is 35.5 Å². The number of piperidine rings is 1. The zero-order valence-corrected chi connectivity index (χ0v) is 11.7. The van der Waals surface area contributed by atoms with Crippen LogP contribution in [0.5, 0.6) is 0 Å². The molecule has 0 spiro atoms. The molecule has 0 aromatic carbocycles. The number of carbonyl (C=O) groups is 3. The van der Waals surface area contributed by atoms with Crippen LogP contribution in [0.25, 0.3) is 0 Å². The molecule has 3 amide bonds. The van der Waals surface area contributed by atoms with Gasteiger partial charge in [-0.3, -0.25) is 19.7 Å². The summed E-state index contributed by atoms with van der Waals surface area (Å²) in [4.78, 5) is 36.8. The normalized spacial score (nSPS) is 25.2. The first-order valence-corrected chi connectivity index (χ1v) is 6.58. The third-order valence-corrected chi connectivity index (χ3v) is 3.40. The first-order valence-electron chi connectivity index (χ1n) is 6.58. The maximum absolute atomic E-state index is 12.4. The van der Waals surface area contributed by atoms with Gasteiger partial charge in [-0.25, -0.2) is 0 Å². The van der Waals surface area contributed by atoms with Crippen LogP contribution in [-0.4, -0.2) is 35.2 Å². The van der Waals surface area contributed by atoms with Gasteiger partial charge in [0.1, 0.15) is 6.04 Å². The highest BCUT2D eigenvalue weighted by Crippen LogP contribution is 2.26. The molecule has 5 nitrogen and oxygen atoms in total. The SMILES string of the molecule is C=C1CN(C2CCC(=O)NC2=O)C(=O)/C1=C/C=C(C)C. The number of amides is 3. The molecule has 20 heavy (non-hydrogen) atoms. The first-order chi connectivity index (χ1) is 9.40. The quantitative estimate of drug-likeness (QED) is 0.605. The fraction of sp³-hybridized carbons (Fsp3) is 0.400. The number of nitrogens with zero attached hydrogens (tertiary/aromatic N) is 1. The van der Waals surface area contributed by atoms with Crippen molar-refractivity contribution in [2.75, 3.05) is 6.54 Å². The van der Waals surface area contributed by atoms with Gasteiger partial charge in [0, 0.05) is 18.5 Å². The molecule has 1 unspecified atom stereocenters. The largest absolute Gasteiger partial charge is 0.322 e. The van der Waals surface area contributed by atoms with Gasteiger partial charge in [0.15, 0.2) is 0 Å². The summed E-state index contributed by atoms with van der Waals surface area (Å²) in [6.07, 6.45) is 4.23. The Balaban J connectivity index is 2.20. The van der Waals surface area contributed by atoms with Crippen molar-refractivity contribution in [2.24, 2.45) is 0 Å². The zero-order valence-electron chi connectivity index (χ0n) is 11.7. The number of rotatable bonds is 2. The van der Waals surface area contributed by atoms with Crippen molar-refractivity contribution in [3.63, 3.8) is 0 Å². The van der Waals surface area contributed by atoms with Crippen LogP contribution < -0.4 is 5.32 Å². The van der Waals surface area contributed by atoms with Crippen molar-refractivity contribution in [1.82, 2.24) is 10.2 Å². The fourth-order valence-electron chi connectivity index (χ4n) is 2.34. The number of likely N-dealkylation sites (tertiary alicyclic amines) is 1. The lowest BCUT2D eigenvalue weighted by molar-refractivity contribution is -0.142. The highest BCUT2D eigenvalue weighted by atomic mass is 16.2. The Morgan fingerprint density at radius 3 is 2.65 bits per heavy atom. The Kier molecular flexibility index (Phi) is 3.88. The number of hydrogen-bond acceptors (Lipinski definition) is 3. The molecule has 106 valence electrons. The van der Waals surface area contributed by atoms with Crippen molar-refractivity contribution >= 4 is 17.7 Å². The van der Waals surface area contributed by atoms with Gasteiger partial charge in [-0.05, 0) is 31.9 Å². The monoisotopic (exact) mass is 274 g/mol. The molecule has 2 rings (SSSR count). The minimum atomic E-state index is -0.574. The van der Waals surface area contributed by atoms with Crippen LogP contribution in [-0.2, 0) is 14.4 Å². The molecular formula is C15H18N2O3. The molecule has 0 bridgehead atoms. The second-order valence-corrected chi connectivity index (χ2v) is 5.33. The summed E-state index contributed by atoms with van der Waals surface area (Å²) in [7, 11) is 0. The number of allylic oxidation sites excluding steroid dienone is 3. The van der Waals surface area contributed by atoms with Gasteiger partial charge in [0.05, 0.1) is 0 Å². The first kappa shape index (κ1) is 14.2. The van der Waals surface area contributed by atoms with E-state index in [1.165, 1.54) is 4.90 Å². The molecule has 0 aliphatic carbocycles. The van der Waals surface area contributed by atoms with Crippen LogP contribution in [0.3, 0.4) is 0 Å². The van der Waals surface area contributed by atoms with E-state index >= 15 is 0 Å². The van der Waals surface area contributed by atoms with Gasteiger partial charge in [0.2, 0.25) is 11.8 Å². The topological polar surface area (TPSA) is 66.5 Å². The molecule has 2 aliphatic rings. The summed E-state index contributed by atoms with van der Waals surface area (Å²) in [5.41, 5.74) is 2.32. The molecule has 2 saturated heterocycles. The second-order valence-electron chi connectivity index (χ2n) is 5.33. The summed E-state index contributed by atoms with van der Waals surface area (Å²) >= 11 is 0. The van der Waals surface area contributed by atoms with E-state index in [-0.39, 0.29) is 18.2 Å². The van der Waals surface area contributed by atoms with Crippen LogP contribution in [0, 0.1) is 0 Å². The maximum Gasteiger partial charge on any atom is 0.255 e. The predicted molar refractivity (Wildman–Crippen MR) is 74.5 cm³/mol. The molecule has 0 saturated carbocycles. The summed E-state index contributed by atoms with van der Waals surface area (Å²) < 4.78 is 0. The summed E-state index contributed by atoms with van der Waals surface area (Å²) in [5.74, 6) is -0.870. The number of imide groups is 1. The van der Waals surface area contributed by atoms with Crippen LogP contribution in [0.2, 0.25) is 0 Å². The van der Waals surface area contributed by atoms with Gasteiger partial charge < -0.3 is 4.90 Å². The number of nitrogens with one attached hydrogen (secondary N) is 1. The van der Waals surface area contributed by atoms with Crippen molar-refractivity contribution in [3.8, 4) is 0 Å². The molecule has 1 N–H and O–H groups in total. The van der Waals surface area contributed by atoms with Crippen molar-refractivity contribution < 1.29 is 14.4 Å². The third kappa shape index (κ3) is 2.71. The minimum Gasteiger partial charge on any atom is -0.322 e. The average Bonchev–Trinajstić information content (AvgIpc) is 2.62. The molecule has 2 aliphatic heterocycles.